The van der Waals surface area contributed by atoms with Crippen molar-refractivity contribution in [1.82, 2.24) is 0 Å². The minimum Gasteiger partial charge on any atom is -0.410 e. The fourth-order valence-corrected chi connectivity index (χ4v) is 2.13. The van der Waals surface area contributed by atoms with Crippen molar-refractivity contribution < 1.29 is 14.6 Å². The maximum absolute atomic E-state index is 11.0. The Kier molecular flexibility index (Phi) is 4.04. The number of amides is 1. The Labute approximate surface area is 119 Å². The van der Waals surface area contributed by atoms with E-state index in [0.29, 0.717) is 18.1 Å². The fraction of sp³-hybridized carbons (Fsp3) is 0.562. The molecule has 1 fully saturated rings. The monoisotopic (exact) mass is 277 g/mol. The van der Waals surface area contributed by atoms with E-state index in [0.717, 1.165) is 5.56 Å². The number of primary amides is 1. The summed E-state index contributed by atoms with van der Waals surface area (Å²) in [5.74, 6) is 1.05. The molecule has 1 amide bonds. The first-order valence-corrected chi connectivity index (χ1v) is 7.05. The highest BCUT2D eigenvalue weighted by atomic mass is 16.5. The summed E-state index contributed by atoms with van der Waals surface area (Å²) in [7, 11) is 0. The van der Waals surface area contributed by atoms with Crippen molar-refractivity contribution in [2.45, 2.75) is 52.1 Å². The third kappa shape index (κ3) is 3.73. The lowest BCUT2D eigenvalue weighted by atomic mass is 9.85. The molecule has 0 heterocycles. The van der Waals surface area contributed by atoms with E-state index in [4.69, 9.17) is 10.5 Å². The van der Waals surface area contributed by atoms with Gasteiger partial charge in [-0.25, -0.2) is 4.79 Å². The van der Waals surface area contributed by atoms with Crippen LogP contribution in [0, 0.1) is 5.41 Å². The summed E-state index contributed by atoms with van der Waals surface area (Å²) in [5.41, 5.74) is 6.90. The molecule has 4 nitrogen and oxygen atoms in total. The first-order chi connectivity index (χ1) is 9.27. The molecule has 1 unspecified atom stereocenters. The standard InChI is InChI=1S/C16H23NO3/c1-16(2,3)14(18)9-12-7-6-11(10-4-5-10)8-13(12)20-15(17)19/h6-8,10,14,18H,4-5,9H2,1-3H3,(H2,17,19). The van der Waals surface area contributed by atoms with Crippen molar-refractivity contribution in [3.05, 3.63) is 29.3 Å². The van der Waals surface area contributed by atoms with Gasteiger partial charge in [-0.2, -0.15) is 0 Å². The molecule has 110 valence electrons. The molecule has 1 aliphatic rings. The van der Waals surface area contributed by atoms with Crippen LogP contribution in [0.2, 0.25) is 0 Å². The molecule has 0 aliphatic heterocycles. The predicted octanol–water partition coefficient (Wildman–Crippen LogP) is 2.97. The Hall–Kier alpha value is -1.55. The molecule has 0 bridgehead atoms. The molecular weight excluding hydrogens is 254 g/mol. The van der Waals surface area contributed by atoms with Crippen LogP contribution in [0.25, 0.3) is 0 Å². The van der Waals surface area contributed by atoms with Crippen LogP contribution in [0.15, 0.2) is 18.2 Å². The molecule has 20 heavy (non-hydrogen) atoms. The van der Waals surface area contributed by atoms with E-state index in [1.165, 1.54) is 18.4 Å². The smallest absolute Gasteiger partial charge is 0.409 e. The van der Waals surface area contributed by atoms with Crippen LogP contribution in [0.1, 0.15) is 50.7 Å². The second-order valence-electron chi connectivity index (χ2n) is 6.65. The Morgan fingerprint density at radius 3 is 2.60 bits per heavy atom. The van der Waals surface area contributed by atoms with Gasteiger partial charge in [-0.3, -0.25) is 0 Å². The zero-order chi connectivity index (χ0) is 14.9. The van der Waals surface area contributed by atoms with E-state index in [1.54, 1.807) is 0 Å². The summed E-state index contributed by atoms with van der Waals surface area (Å²) in [6.07, 6.45) is 1.48. The van der Waals surface area contributed by atoms with E-state index in [2.05, 4.69) is 6.07 Å². The maximum Gasteiger partial charge on any atom is 0.409 e. The van der Waals surface area contributed by atoms with E-state index in [9.17, 15) is 9.90 Å². The SMILES string of the molecule is CC(C)(C)C(O)Cc1ccc(C2CC2)cc1OC(N)=O. The van der Waals surface area contributed by atoms with Crippen LogP contribution in [0.4, 0.5) is 4.79 Å². The van der Waals surface area contributed by atoms with Gasteiger partial charge in [0.25, 0.3) is 0 Å². The van der Waals surface area contributed by atoms with Gasteiger partial charge < -0.3 is 15.6 Å². The van der Waals surface area contributed by atoms with Gasteiger partial charge in [-0.05, 0) is 41.4 Å². The van der Waals surface area contributed by atoms with E-state index in [-0.39, 0.29) is 5.41 Å². The van der Waals surface area contributed by atoms with Gasteiger partial charge in [0, 0.05) is 6.42 Å². The highest BCUT2D eigenvalue weighted by molar-refractivity contribution is 5.68. The van der Waals surface area contributed by atoms with Crippen LogP contribution in [0.3, 0.4) is 0 Å². The topological polar surface area (TPSA) is 72.6 Å². The molecule has 1 atom stereocenters. The number of carbonyl (C=O) groups is 1. The van der Waals surface area contributed by atoms with Gasteiger partial charge >= 0.3 is 6.09 Å². The number of carbonyl (C=O) groups excluding carboxylic acids is 1. The Morgan fingerprint density at radius 1 is 1.45 bits per heavy atom. The molecular formula is C16H23NO3. The van der Waals surface area contributed by atoms with Crippen LogP contribution in [0.5, 0.6) is 5.75 Å². The quantitative estimate of drug-likeness (QED) is 0.888. The molecule has 0 aromatic heterocycles. The van der Waals surface area contributed by atoms with Crippen LogP contribution in [-0.4, -0.2) is 17.3 Å². The Balaban J connectivity index is 2.23. The molecule has 1 saturated carbocycles. The second-order valence-corrected chi connectivity index (χ2v) is 6.65. The third-order valence-electron chi connectivity index (χ3n) is 3.76. The van der Waals surface area contributed by atoms with Gasteiger partial charge in [-0.1, -0.05) is 32.9 Å². The van der Waals surface area contributed by atoms with Crippen LogP contribution >= 0.6 is 0 Å². The summed E-state index contributed by atoms with van der Waals surface area (Å²) in [6.45, 7) is 5.93. The lowest BCUT2D eigenvalue weighted by Gasteiger charge is -2.26. The first-order valence-electron chi connectivity index (χ1n) is 7.05. The fourth-order valence-electron chi connectivity index (χ4n) is 2.13. The molecule has 3 N–H and O–H groups in total. The van der Waals surface area contributed by atoms with E-state index >= 15 is 0 Å². The van der Waals surface area contributed by atoms with Crippen molar-refractivity contribution in [1.29, 1.82) is 0 Å². The summed E-state index contributed by atoms with van der Waals surface area (Å²) < 4.78 is 5.11. The molecule has 0 spiro atoms. The molecule has 0 saturated heterocycles. The molecule has 1 aromatic carbocycles. The first kappa shape index (κ1) is 14.9. The van der Waals surface area contributed by atoms with Gasteiger partial charge in [0.2, 0.25) is 0 Å². The average molecular weight is 277 g/mol. The molecule has 0 radical (unpaired) electrons. The summed E-state index contributed by atoms with van der Waals surface area (Å²) in [5, 5.41) is 10.2. The molecule has 1 aliphatic carbocycles. The van der Waals surface area contributed by atoms with Crippen LogP contribution in [-0.2, 0) is 6.42 Å². The number of hydrogen-bond acceptors (Lipinski definition) is 3. The average Bonchev–Trinajstić information content (AvgIpc) is 3.13. The minimum absolute atomic E-state index is 0.223. The summed E-state index contributed by atoms with van der Waals surface area (Å²) in [6, 6.07) is 5.87. The zero-order valence-electron chi connectivity index (χ0n) is 12.3. The zero-order valence-corrected chi connectivity index (χ0v) is 12.3. The number of hydrogen-bond donors (Lipinski definition) is 2. The Bertz CT molecular complexity index is 501. The van der Waals surface area contributed by atoms with E-state index in [1.807, 2.05) is 32.9 Å². The van der Waals surface area contributed by atoms with Crippen molar-refractivity contribution in [3.8, 4) is 5.75 Å². The van der Waals surface area contributed by atoms with Crippen LogP contribution < -0.4 is 10.5 Å². The summed E-state index contributed by atoms with van der Waals surface area (Å²) >= 11 is 0. The van der Waals surface area contributed by atoms with Crippen molar-refractivity contribution in [2.24, 2.45) is 11.1 Å². The van der Waals surface area contributed by atoms with E-state index < -0.39 is 12.2 Å². The number of aliphatic hydroxyl groups excluding tert-OH is 1. The number of aliphatic hydroxyl groups is 1. The maximum atomic E-state index is 11.0. The van der Waals surface area contributed by atoms with Gasteiger partial charge in [0.1, 0.15) is 5.75 Å². The minimum atomic E-state index is -0.815. The lowest BCUT2D eigenvalue weighted by molar-refractivity contribution is 0.0631. The van der Waals surface area contributed by atoms with Gasteiger partial charge in [0.05, 0.1) is 6.10 Å². The predicted molar refractivity (Wildman–Crippen MR) is 77.8 cm³/mol. The van der Waals surface area contributed by atoms with Crippen molar-refractivity contribution in [2.75, 3.05) is 0 Å². The van der Waals surface area contributed by atoms with Gasteiger partial charge in [0.15, 0.2) is 0 Å². The molecule has 4 heteroatoms. The lowest BCUT2D eigenvalue weighted by Crippen LogP contribution is -2.28. The highest BCUT2D eigenvalue weighted by Crippen LogP contribution is 2.42. The summed E-state index contributed by atoms with van der Waals surface area (Å²) in [4.78, 5) is 11.0. The second kappa shape index (κ2) is 5.44. The number of rotatable bonds is 4. The number of nitrogens with two attached hydrogens (primary N) is 1. The number of ether oxygens (including phenoxy) is 1. The van der Waals surface area contributed by atoms with Gasteiger partial charge in [-0.15, -0.1) is 0 Å². The molecule has 2 rings (SSSR count). The number of benzene rings is 1. The molecule has 1 aromatic rings. The highest BCUT2D eigenvalue weighted by Gasteiger charge is 2.27. The Morgan fingerprint density at radius 2 is 2.10 bits per heavy atom. The third-order valence-corrected chi connectivity index (χ3v) is 3.76. The normalized spacial score (nSPS) is 16.8. The van der Waals surface area contributed by atoms with Crippen molar-refractivity contribution in [3.63, 3.8) is 0 Å². The van der Waals surface area contributed by atoms with Crippen molar-refractivity contribution >= 4 is 6.09 Å². The largest absolute Gasteiger partial charge is 0.410 e.